The van der Waals surface area contributed by atoms with E-state index in [1.807, 2.05) is 37.6 Å². The van der Waals surface area contributed by atoms with Crippen LogP contribution >= 0.6 is 0 Å². The van der Waals surface area contributed by atoms with Crippen LogP contribution in [0.25, 0.3) is 22.3 Å². The molecule has 0 saturated carbocycles. The molecule has 1 aromatic carbocycles. The highest BCUT2D eigenvalue weighted by atomic mass is 19.1. The summed E-state index contributed by atoms with van der Waals surface area (Å²) >= 11 is 0. The first-order chi connectivity index (χ1) is 19.2. The van der Waals surface area contributed by atoms with Gasteiger partial charge in [0.25, 0.3) is 0 Å². The molecule has 210 valence electrons. The minimum Gasteiger partial charge on any atom is -0.326 e. The number of rotatable bonds is 6. The van der Waals surface area contributed by atoms with E-state index in [9.17, 15) is 4.39 Å². The Morgan fingerprint density at radius 3 is 2.45 bits per heavy atom. The number of benzene rings is 1. The minimum atomic E-state index is -0.634. The summed E-state index contributed by atoms with van der Waals surface area (Å²) in [5.74, 6) is 0.289. The maximum atomic E-state index is 15.0. The lowest BCUT2D eigenvalue weighted by atomic mass is 9.77. The standard InChI is InChI=1S/C30H36F2N8/c1-18(2)40-20(4)36-28-23(31)13-22(14-25(28)40)27-24(32)16-35-29(38-27)37-26-6-5-21(15-34-26)19(3)39-11-8-30(9-12-39)7-10-33-17-30/h5-6,13-16,18-19,33H,7-12,17H2,1-4H3,(H,34,35,37,38)/t19-/m1/s1. The van der Waals surface area contributed by atoms with Crippen LogP contribution in [0.5, 0.6) is 0 Å². The Hall–Kier alpha value is -3.50. The van der Waals surface area contributed by atoms with Gasteiger partial charge in [0, 0.05) is 30.4 Å². The van der Waals surface area contributed by atoms with Crippen molar-refractivity contribution >= 4 is 22.8 Å². The second-order valence-electron chi connectivity index (χ2n) is 11.6. The second kappa shape index (κ2) is 10.5. The fourth-order valence-corrected chi connectivity index (χ4v) is 6.35. The molecule has 2 aliphatic heterocycles. The first-order valence-corrected chi connectivity index (χ1v) is 14.1. The molecule has 2 fully saturated rings. The highest BCUT2D eigenvalue weighted by molar-refractivity contribution is 5.83. The summed E-state index contributed by atoms with van der Waals surface area (Å²) in [5.41, 5.74) is 2.84. The lowest BCUT2D eigenvalue weighted by Gasteiger charge is -2.41. The summed E-state index contributed by atoms with van der Waals surface area (Å²) in [6.07, 6.45) is 6.72. The van der Waals surface area contributed by atoms with Crippen molar-refractivity contribution in [3.63, 3.8) is 0 Å². The van der Waals surface area contributed by atoms with Crippen LogP contribution in [0.4, 0.5) is 20.5 Å². The van der Waals surface area contributed by atoms with Gasteiger partial charge in [0.2, 0.25) is 5.95 Å². The van der Waals surface area contributed by atoms with Crippen LogP contribution in [0.2, 0.25) is 0 Å². The van der Waals surface area contributed by atoms with Crippen LogP contribution in [0.15, 0.2) is 36.7 Å². The largest absolute Gasteiger partial charge is 0.326 e. The fraction of sp³-hybridized carbons (Fsp3) is 0.467. The van der Waals surface area contributed by atoms with Crippen molar-refractivity contribution in [2.75, 3.05) is 31.5 Å². The molecule has 1 atom stereocenters. The van der Waals surface area contributed by atoms with E-state index in [-0.39, 0.29) is 29.2 Å². The van der Waals surface area contributed by atoms with Crippen molar-refractivity contribution < 1.29 is 8.78 Å². The molecule has 1 spiro atoms. The van der Waals surface area contributed by atoms with E-state index in [1.54, 1.807) is 6.07 Å². The first kappa shape index (κ1) is 26.7. The predicted molar refractivity (Wildman–Crippen MR) is 152 cm³/mol. The Labute approximate surface area is 233 Å². The molecule has 8 nitrogen and oxygen atoms in total. The normalized spacial score (nSPS) is 18.2. The van der Waals surface area contributed by atoms with Crippen LogP contribution in [0, 0.1) is 24.0 Å². The number of aromatic nitrogens is 5. The Balaban J connectivity index is 1.19. The maximum absolute atomic E-state index is 15.0. The molecule has 5 heterocycles. The number of hydrogen-bond donors (Lipinski definition) is 2. The quantitative estimate of drug-likeness (QED) is 0.310. The highest BCUT2D eigenvalue weighted by Gasteiger charge is 2.38. The third-order valence-electron chi connectivity index (χ3n) is 8.71. The molecule has 2 saturated heterocycles. The van der Waals surface area contributed by atoms with E-state index < -0.39 is 11.6 Å². The van der Waals surface area contributed by atoms with Gasteiger partial charge in [-0.25, -0.2) is 28.7 Å². The van der Waals surface area contributed by atoms with Crippen molar-refractivity contribution in [2.45, 2.75) is 59.0 Å². The predicted octanol–water partition coefficient (Wildman–Crippen LogP) is 5.94. The minimum absolute atomic E-state index is 0.0121. The lowest BCUT2D eigenvalue weighted by molar-refractivity contribution is 0.0896. The molecule has 0 bridgehead atoms. The van der Waals surface area contributed by atoms with Crippen molar-refractivity contribution in [1.82, 2.24) is 34.7 Å². The van der Waals surface area contributed by atoms with Crippen molar-refractivity contribution in [2.24, 2.45) is 5.41 Å². The van der Waals surface area contributed by atoms with Gasteiger partial charge in [0.15, 0.2) is 11.6 Å². The Morgan fingerprint density at radius 1 is 0.975 bits per heavy atom. The van der Waals surface area contributed by atoms with Gasteiger partial charge in [-0.15, -0.1) is 0 Å². The van der Waals surface area contributed by atoms with Crippen molar-refractivity contribution in [3.05, 3.63) is 59.7 Å². The zero-order valence-corrected chi connectivity index (χ0v) is 23.5. The van der Waals surface area contributed by atoms with Crippen LogP contribution in [0.1, 0.15) is 63.5 Å². The lowest BCUT2D eigenvalue weighted by Crippen LogP contribution is -2.42. The van der Waals surface area contributed by atoms with Crippen LogP contribution < -0.4 is 10.6 Å². The molecular weight excluding hydrogens is 510 g/mol. The molecule has 0 radical (unpaired) electrons. The number of halogens is 2. The van der Waals surface area contributed by atoms with Gasteiger partial charge >= 0.3 is 0 Å². The molecule has 3 aromatic heterocycles. The molecule has 4 aromatic rings. The molecule has 0 unspecified atom stereocenters. The van der Waals surface area contributed by atoms with Crippen molar-refractivity contribution in [1.29, 1.82) is 0 Å². The smallest absolute Gasteiger partial charge is 0.229 e. The molecule has 40 heavy (non-hydrogen) atoms. The third-order valence-corrected chi connectivity index (χ3v) is 8.71. The van der Waals surface area contributed by atoms with Crippen LogP contribution in [-0.2, 0) is 0 Å². The van der Waals surface area contributed by atoms with E-state index in [1.165, 1.54) is 25.3 Å². The average Bonchev–Trinajstić information content (AvgIpc) is 3.54. The monoisotopic (exact) mass is 546 g/mol. The van der Waals surface area contributed by atoms with E-state index in [0.29, 0.717) is 28.1 Å². The van der Waals surface area contributed by atoms with Crippen LogP contribution in [-0.4, -0.2) is 55.6 Å². The number of imidazole rings is 1. The van der Waals surface area contributed by atoms with E-state index >= 15 is 4.39 Å². The number of nitrogens with zero attached hydrogens (tertiary/aromatic N) is 6. The number of likely N-dealkylation sites (tertiary alicyclic amines) is 1. The summed E-state index contributed by atoms with van der Waals surface area (Å²) in [7, 11) is 0. The number of pyridine rings is 1. The Bertz CT molecular complexity index is 1520. The summed E-state index contributed by atoms with van der Waals surface area (Å²) in [4.78, 5) is 20.0. The number of hydrogen-bond acceptors (Lipinski definition) is 7. The third kappa shape index (κ3) is 4.94. The summed E-state index contributed by atoms with van der Waals surface area (Å²) in [5, 5.41) is 6.60. The highest BCUT2D eigenvalue weighted by Crippen LogP contribution is 2.39. The summed E-state index contributed by atoms with van der Waals surface area (Å²) < 4.78 is 31.8. The van der Waals surface area contributed by atoms with Gasteiger partial charge in [-0.05, 0) is 95.8 Å². The van der Waals surface area contributed by atoms with Gasteiger partial charge in [-0.3, -0.25) is 4.90 Å². The molecular formula is C30H36F2N8. The van der Waals surface area contributed by atoms with E-state index in [4.69, 9.17) is 0 Å². The fourth-order valence-electron chi connectivity index (χ4n) is 6.35. The van der Waals surface area contributed by atoms with E-state index in [0.717, 1.165) is 37.9 Å². The first-order valence-electron chi connectivity index (χ1n) is 14.1. The zero-order valence-electron chi connectivity index (χ0n) is 23.5. The maximum Gasteiger partial charge on any atom is 0.229 e. The van der Waals surface area contributed by atoms with Gasteiger partial charge in [0.1, 0.15) is 22.9 Å². The number of piperidine rings is 1. The van der Waals surface area contributed by atoms with Gasteiger partial charge < -0.3 is 15.2 Å². The zero-order chi connectivity index (χ0) is 28.0. The van der Waals surface area contributed by atoms with E-state index in [2.05, 4.69) is 48.5 Å². The van der Waals surface area contributed by atoms with Gasteiger partial charge in [-0.1, -0.05) is 6.07 Å². The molecule has 0 amide bonds. The molecule has 2 N–H and O–H groups in total. The molecule has 2 aliphatic rings. The molecule has 10 heteroatoms. The van der Waals surface area contributed by atoms with Crippen LogP contribution in [0.3, 0.4) is 0 Å². The second-order valence-corrected chi connectivity index (χ2v) is 11.6. The summed E-state index contributed by atoms with van der Waals surface area (Å²) in [6, 6.07) is 7.29. The topological polar surface area (TPSA) is 83.8 Å². The Kier molecular flexibility index (Phi) is 7.00. The number of anilines is 2. The molecule has 6 rings (SSSR count). The Morgan fingerprint density at radius 2 is 1.77 bits per heavy atom. The SMILES string of the molecule is Cc1nc2c(F)cc(-c3nc(Nc4ccc([C@@H](C)N5CCC6(CCNC6)CC5)cn4)ncc3F)cc2n1C(C)C. The number of nitrogens with one attached hydrogen (secondary N) is 2. The molecule has 0 aliphatic carbocycles. The number of aryl methyl sites for hydroxylation is 1. The van der Waals surface area contributed by atoms with Gasteiger partial charge in [-0.2, -0.15) is 0 Å². The van der Waals surface area contributed by atoms with Gasteiger partial charge in [0.05, 0.1) is 11.7 Å². The average molecular weight is 547 g/mol. The summed E-state index contributed by atoms with van der Waals surface area (Å²) in [6.45, 7) is 12.5. The number of fused-ring (bicyclic) bond motifs is 1. The van der Waals surface area contributed by atoms with Crippen molar-refractivity contribution in [3.8, 4) is 11.3 Å².